The highest BCUT2D eigenvalue weighted by molar-refractivity contribution is 5.30. The molecule has 0 amide bonds. The molecule has 5 fully saturated rings. The summed E-state index contributed by atoms with van der Waals surface area (Å²) in [6.07, 6.45) is 13.8. The first-order valence-electron chi connectivity index (χ1n) is 10.9. The molecule has 0 N–H and O–H groups in total. The third kappa shape index (κ3) is 3.89. The van der Waals surface area contributed by atoms with E-state index in [0.717, 1.165) is 43.5 Å². The Bertz CT molecular complexity index is 593. The van der Waals surface area contributed by atoms with Crippen molar-refractivity contribution >= 4 is 5.95 Å². The van der Waals surface area contributed by atoms with E-state index in [2.05, 4.69) is 37.1 Å². The minimum atomic E-state index is 0.780. The van der Waals surface area contributed by atoms with Gasteiger partial charge in [-0.25, -0.2) is 9.97 Å². The number of piperidine rings is 2. The highest BCUT2D eigenvalue weighted by Crippen LogP contribution is 2.35. The Labute approximate surface area is 157 Å². The molecule has 5 heteroatoms. The molecule has 142 valence electrons. The molecule has 2 atom stereocenters. The maximum absolute atomic E-state index is 4.69. The normalized spacial score (nSPS) is 30.5. The van der Waals surface area contributed by atoms with Gasteiger partial charge in [-0.1, -0.05) is 0 Å². The van der Waals surface area contributed by atoms with E-state index in [1.54, 1.807) is 0 Å². The van der Waals surface area contributed by atoms with Crippen molar-refractivity contribution in [3.05, 3.63) is 18.0 Å². The fourth-order valence-electron chi connectivity index (χ4n) is 5.21. The highest BCUT2D eigenvalue weighted by Gasteiger charge is 2.37. The summed E-state index contributed by atoms with van der Waals surface area (Å²) in [4.78, 5) is 17.2. The molecule has 4 aliphatic heterocycles. The van der Waals surface area contributed by atoms with Gasteiger partial charge in [0.15, 0.2) is 0 Å². The van der Waals surface area contributed by atoms with E-state index in [9.17, 15) is 0 Å². The quantitative estimate of drug-likeness (QED) is 0.812. The molecule has 1 aliphatic carbocycles. The third-order valence-electron chi connectivity index (χ3n) is 6.83. The highest BCUT2D eigenvalue weighted by atomic mass is 15.3. The molecule has 26 heavy (non-hydrogen) atoms. The van der Waals surface area contributed by atoms with Crippen LogP contribution in [0.4, 0.5) is 5.95 Å². The second kappa shape index (κ2) is 7.43. The van der Waals surface area contributed by atoms with Crippen LogP contribution in [0.5, 0.6) is 0 Å². The Morgan fingerprint density at radius 3 is 2.46 bits per heavy atom. The number of hydrogen-bond acceptors (Lipinski definition) is 5. The van der Waals surface area contributed by atoms with Crippen LogP contribution in [0.3, 0.4) is 0 Å². The average molecular weight is 356 g/mol. The number of aromatic nitrogens is 2. The minimum Gasteiger partial charge on any atom is -0.341 e. The van der Waals surface area contributed by atoms with E-state index in [-0.39, 0.29) is 0 Å². The van der Waals surface area contributed by atoms with Crippen LogP contribution in [-0.4, -0.2) is 65.1 Å². The predicted molar refractivity (Wildman–Crippen MR) is 104 cm³/mol. The van der Waals surface area contributed by atoms with Crippen molar-refractivity contribution < 1.29 is 0 Å². The van der Waals surface area contributed by atoms with Gasteiger partial charge in [0.2, 0.25) is 5.95 Å². The van der Waals surface area contributed by atoms with Crippen LogP contribution in [0.2, 0.25) is 0 Å². The molecule has 5 heterocycles. The summed E-state index contributed by atoms with van der Waals surface area (Å²) in [5.41, 5.74) is 1.28. The summed E-state index contributed by atoms with van der Waals surface area (Å²) in [6, 6.07) is 0.780. The Morgan fingerprint density at radius 1 is 0.885 bits per heavy atom. The monoisotopic (exact) mass is 355 g/mol. The van der Waals surface area contributed by atoms with Crippen LogP contribution in [0.25, 0.3) is 0 Å². The van der Waals surface area contributed by atoms with Crippen molar-refractivity contribution in [1.29, 1.82) is 0 Å². The van der Waals surface area contributed by atoms with Gasteiger partial charge in [0.25, 0.3) is 0 Å². The number of fused-ring (bicyclic) bond motifs is 4. The zero-order chi connectivity index (χ0) is 17.3. The van der Waals surface area contributed by atoms with Gasteiger partial charge in [0.1, 0.15) is 0 Å². The van der Waals surface area contributed by atoms with Crippen LogP contribution in [0.1, 0.15) is 50.5 Å². The fraction of sp³-hybridized carbons (Fsp3) is 0.810. The first-order valence-corrected chi connectivity index (χ1v) is 10.9. The van der Waals surface area contributed by atoms with Gasteiger partial charge in [-0.3, -0.25) is 9.80 Å². The Morgan fingerprint density at radius 2 is 1.69 bits per heavy atom. The number of nitrogens with zero attached hydrogens (tertiary/aromatic N) is 5. The van der Waals surface area contributed by atoms with E-state index < -0.39 is 0 Å². The summed E-state index contributed by atoms with van der Waals surface area (Å²) in [6.45, 7) is 8.44. The lowest BCUT2D eigenvalue weighted by atomic mass is 9.95. The van der Waals surface area contributed by atoms with E-state index >= 15 is 0 Å². The minimum absolute atomic E-state index is 0.780. The van der Waals surface area contributed by atoms with Crippen LogP contribution in [0.15, 0.2) is 12.4 Å². The predicted octanol–water partition coefficient (Wildman–Crippen LogP) is 2.77. The fourth-order valence-corrected chi connectivity index (χ4v) is 5.21. The number of anilines is 1. The maximum atomic E-state index is 4.69. The lowest BCUT2D eigenvalue weighted by molar-refractivity contribution is 0.125. The molecule has 0 unspecified atom stereocenters. The van der Waals surface area contributed by atoms with Crippen LogP contribution >= 0.6 is 0 Å². The zero-order valence-electron chi connectivity index (χ0n) is 16.0. The van der Waals surface area contributed by atoms with E-state index in [1.165, 1.54) is 76.7 Å². The second-order valence-electron chi connectivity index (χ2n) is 9.13. The lowest BCUT2D eigenvalue weighted by Crippen LogP contribution is -2.44. The molecule has 1 aromatic heterocycles. The molecule has 5 aliphatic rings. The number of rotatable bonds is 5. The van der Waals surface area contributed by atoms with Crippen molar-refractivity contribution in [2.45, 2.75) is 57.5 Å². The van der Waals surface area contributed by atoms with Gasteiger partial charge >= 0.3 is 0 Å². The summed E-state index contributed by atoms with van der Waals surface area (Å²) >= 11 is 0. The van der Waals surface area contributed by atoms with Crippen LogP contribution in [0, 0.1) is 11.8 Å². The lowest BCUT2D eigenvalue weighted by Gasteiger charge is -2.36. The van der Waals surface area contributed by atoms with Crippen molar-refractivity contribution in [3.8, 4) is 0 Å². The summed E-state index contributed by atoms with van der Waals surface area (Å²) in [7, 11) is 0. The van der Waals surface area contributed by atoms with Gasteiger partial charge in [-0.15, -0.1) is 0 Å². The molecule has 1 aromatic rings. The van der Waals surface area contributed by atoms with Crippen molar-refractivity contribution in [2.24, 2.45) is 11.8 Å². The molecule has 0 aromatic carbocycles. The van der Waals surface area contributed by atoms with Crippen LogP contribution in [-0.2, 0) is 6.54 Å². The van der Waals surface area contributed by atoms with Gasteiger partial charge in [-0.2, -0.15) is 0 Å². The smallest absolute Gasteiger partial charge is 0.225 e. The molecule has 5 nitrogen and oxygen atoms in total. The molecular weight excluding hydrogens is 322 g/mol. The van der Waals surface area contributed by atoms with Gasteiger partial charge < -0.3 is 4.90 Å². The molecule has 0 spiro atoms. The standard InChI is InChI=1S/C21H33N5/c1-2-8-25(9-3-1)21-22-10-19(11-23-21)13-24-12-18-6-7-20(16-24)26(15-18)14-17-4-5-17/h10-11,17-18,20H,1-9,12-16H2/t18-,20+/m0/s1. The first-order chi connectivity index (χ1) is 12.8. The third-order valence-corrected chi connectivity index (χ3v) is 6.83. The van der Waals surface area contributed by atoms with Crippen molar-refractivity contribution in [2.75, 3.05) is 44.2 Å². The largest absolute Gasteiger partial charge is 0.341 e. The Balaban J connectivity index is 1.20. The summed E-state index contributed by atoms with van der Waals surface area (Å²) < 4.78 is 0. The maximum Gasteiger partial charge on any atom is 0.225 e. The molecule has 1 saturated carbocycles. The average Bonchev–Trinajstić information content (AvgIpc) is 3.51. The van der Waals surface area contributed by atoms with Gasteiger partial charge in [-0.05, 0) is 56.8 Å². The molecule has 4 saturated heterocycles. The second-order valence-corrected chi connectivity index (χ2v) is 9.13. The molecule has 6 rings (SSSR count). The topological polar surface area (TPSA) is 35.5 Å². The molecule has 2 bridgehead atoms. The Kier molecular flexibility index (Phi) is 4.84. The van der Waals surface area contributed by atoms with E-state index in [0.29, 0.717) is 0 Å². The molecule has 0 radical (unpaired) electrons. The zero-order valence-corrected chi connectivity index (χ0v) is 16.0. The van der Waals surface area contributed by atoms with E-state index in [4.69, 9.17) is 0 Å². The van der Waals surface area contributed by atoms with Gasteiger partial charge in [0, 0.05) is 69.8 Å². The Hall–Kier alpha value is -1.20. The number of hydrogen-bond donors (Lipinski definition) is 0. The van der Waals surface area contributed by atoms with E-state index in [1.807, 2.05) is 0 Å². The van der Waals surface area contributed by atoms with Crippen molar-refractivity contribution in [1.82, 2.24) is 19.8 Å². The van der Waals surface area contributed by atoms with Gasteiger partial charge in [0.05, 0.1) is 0 Å². The van der Waals surface area contributed by atoms with Crippen LogP contribution < -0.4 is 4.90 Å². The first kappa shape index (κ1) is 16.9. The summed E-state index contributed by atoms with van der Waals surface area (Å²) in [5.74, 6) is 2.81. The van der Waals surface area contributed by atoms with Crippen molar-refractivity contribution in [3.63, 3.8) is 0 Å². The SMILES string of the molecule is c1nc(N2CCCCC2)ncc1CN1C[C@@H]2CC[C@H](C1)N(CC1CC1)C2. The summed E-state index contributed by atoms with van der Waals surface area (Å²) in [5, 5.41) is 0. The molecular formula is C21H33N5.